The number of piperidine rings is 1. The van der Waals surface area contributed by atoms with Gasteiger partial charge in [0.15, 0.2) is 0 Å². The maximum Gasteiger partial charge on any atom is 0.326 e. The zero-order valence-electron chi connectivity index (χ0n) is 16.6. The number of carboxylic acid groups (broad SMARTS) is 1. The topological polar surface area (TPSA) is 108 Å². The second-order valence-electron chi connectivity index (χ2n) is 7.43. The van der Waals surface area contributed by atoms with Gasteiger partial charge in [0.05, 0.1) is 7.11 Å². The molecule has 0 bridgehead atoms. The highest BCUT2D eigenvalue weighted by atomic mass is 16.5. The molecule has 1 fully saturated rings. The monoisotopic (exact) mass is 391 g/mol. The number of carbonyl (C=O) groups excluding carboxylic acids is 2. The lowest BCUT2D eigenvalue weighted by Gasteiger charge is -2.33. The molecule has 1 aliphatic rings. The third kappa shape index (κ3) is 6.14. The molecule has 8 heteroatoms. The van der Waals surface area contributed by atoms with Crippen molar-refractivity contribution < 1.29 is 24.2 Å². The van der Waals surface area contributed by atoms with Crippen molar-refractivity contribution in [3.8, 4) is 5.75 Å². The van der Waals surface area contributed by atoms with E-state index in [0.29, 0.717) is 43.7 Å². The lowest BCUT2D eigenvalue weighted by molar-refractivity contribution is -0.139. The van der Waals surface area contributed by atoms with Gasteiger partial charge in [-0.25, -0.2) is 9.59 Å². The highest BCUT2D eigenvalue weighted by Crippen LogP contribution is 2.15. The van der Waals surface area contributed by atoms with Gasteiger partial charge in [-0.05, 0) is 49.4 Å². The van der Waals surface area contributed by atoms with Gasteiger partial charge in [-0.3, -0.25) is 4.79 Å². The van der Waals surface area contributed by atoms with E-state index < -0.39 is 12.0 Å². The molecule has 0 saturated carbocycles. The molecule has 0 aromatic heterocycles. The number of hydrogen-bond acceptors (Lipinski definition) is 4. The van der Waals surface area contributed by atoms with Crippen LogP contribution < -0.4 is 15.4 Å². The van der Waals surface area contributed by atoms with Gasteiger partial charge < -0.3 is 25.4 Å². The summed E-state index contributed by atoms with van der Waals surface area (Å²) in [6.45, 7) is 4.76. The number of ether oxygens (including phenoxy) is 1. The number of amides is 3. The van der Waals surface area contributed by atoms with Crippen LogP contribution in [0.5, 0.6) is 5.75 Å². The van der Waals surface area contributed by atoms with Crippen LogP contribution in [0, 0.1) is 5.92 Å². The number of nitrogens with zero attached hydrogens (tertiary/aromatic N) is 1. The van der Waals surface area contributed by atoms with Gasteiger partial charge in [0.2, 0.25) is 0 Å². The second kappa shape index (κ2) is 9.96. The van der Waals surface area contributed by atoms with Crippen molar-refractivity contribution in [2.24, 2.45) is 5.92 Å². The van der Waals surface area contributed by atoms with E-state index in [1.54, 1.807) is 36.3 Å². The Balaban J connectivity index is 1.81. The molecule has 0 spiro atoms. The van der Waals surface area contributed by atoms with Crippen LogP contribution in [0.4, 0.5) is 4.79 Å². The van der Waals surface area contributed by atoms with Gasteiger partial charge in [0.25, 0.3) is 5.91 Å². The fourth-order valence-electron chi connectivity index (χ4n) is 3.17. The van der Waals surface area contributed by atoms with E-state index >= 15 is 0 Å². The molecule has 1 saturated heterocycles. The second-order valence-corrected chi connectivity index (χ2v) is 7.43. The average molecular weight is 391 g/mol. The molecule has 1 aliphatic heterocycles. The minimum absolute atomic E-state index is 0.0235. The number of carboxylic acids is 1. The Morgan fingerprint density at radius 3 is 2.29 bits per heavy atom. The van der Waals surface area contributed by atoms with Crippen molar-refractivity contribution in [2.45, 2.75) is 45.2 Å². The Bertz CT molecular complexity index is 682. The molecule has 1 aromatic rings. The Labute approximate surface area is 165 Å². The molecule has 0 aliphatic carbocycles. The molecule has 1 aromatic carbocycles. The first-order valence-corrected chi connectivity index (χ1v) is 9.53. The number of benzene rings is 1. The predicted octanol–water partition coefficient (Wildman–Crippen LogP) is 2.10. The Kier molecular flexibility index (Phi) is 7.66. The smallest absolute Gasteiger partial charge is 0.326 e. The average Bonchev–Trinajstić information content (AvgIpc) is 2.67. The number of rotatable bonds is 7. The van der Waals surface area contributed by atoms with Crippen molar-refractivity contribution in [2.75, 3.05) is 20.2 Å². The van der Waals surface area contributed by atoms with Crippen molar-refractivity contribution in [1.82, 2.24) is 15.5 Å². The van der Waals surface area contributed by atoms with Gasteiger partial charge >= 0.3 is 12.0 Å². The molecule has 28 heavy (non-hydrogen) atoms. The summed E-state index contributed by atoms with van der Waals surface area (Å²) in [4.78, 5) is 37.6. The van der Waals surface area contributed by atoms with E-state index in [1.165, 1.54) is 0 Å². The molecule has 3 N–H and O–H groups in total. The predicted molar refractivity (Wildman–Crippen MR) is 104 cm³/mol. The molecule has 1 heterocycles. The molecular formula is C20H29N3O5. The van der Waals surface area contributed by atoms with Gasteiger partial charge in [0.1, 0.15) is 11.8 Å². The molecule has 3 amide bonds. The summed E-state index contributed by atoms with van der Waals surface area (Å²) in [7, 11) is 1.57. The summed E-state index contributed by atoms with van der Waals surface area (Å²) in [5.41, 5.74) is 0.555. The van der Waals surface area contributed by atoms with Crippen LogP contribution >= 0.6 is 0 Å². The Hall–Kier alpha value is -2.77. The van der Waals surface area contributed by atoms with Crippen molar-refractivity contribution in [3.05, 3.63) is 29.8 Å². The molecule has 1 atom stereocenters. The third-order valence-corrected chi connectivity index (χ3v) is 4.77. The first-order chi connectivity index (χ1) is 13.3. The first kappa shape index (κ1) is 21.5. The zero-order valence-corrected chi connectivity index (χ0v) is 16.6. The molecular weight excluding hydrogens is 362 g/mol. The van der Waals surface area contributed by atoms with E-state index in [2.05, 4.69) is 10.6 Å². The summed E-state index contributed by atoms with van der Waals surface area (Å²) in [5.74, 6) is -0.328. The standard InChI is InChI=1S/C20H29N3O5/c1-13(2)12-17(19(25)26)22-20(27)23-10-8-15(9-11-23)21-18(24)14-4-6-16(28-3)7-5-14/h4-7,13,15,17H,8-12H2,1-3H3,(H,21,24)(H,22,27)(H,25,26)/t17-/m0/s1. The van der Waals surface area contributed by atoms with E-state index in [1.807, 2.05) is 13.8 Å². The van der Waals surface area contributed by atoms with Crippen LogP contribution in [0.15, 0.2) is 24.3 Å². The van der Waals surface area contributed by atoms with Crippen LogP contribution in [0.3, 0.4) is 0 Å². The summed E-state index contributed by atoms with van der Waals surface area (Å²) in [6, 6.07) is 5.60. The summed E-state index contributed by atoms with van der Waals surface area (Å²) in [5, 5.41) is 14.8. The first-order valence-electron chi connectivity index (χ1n) is 9.53. The highest BCUT2D eigenvalue weighted by Gasteiger charge is 2.27. The number of aliphatic carboxylic acids is 1. The number of nitrogens with one attached hydrogen (secondary N) is 2. The van der Waals surface area contributed by atoms with Crippen molar-refractivity contribution >= 4 is 17.9 Å². The SMILES string of the molecule is COc1ccc(C(=O)NC2CCN(C(=O)N[C@@H](CC(C)C)C(=O)O)CC2)cc1. The van der Waals surface area contributed by atoms with Gasteiger partial charge in [0, 0.05) is 24.7 Å². The third-order valence-electron chi connectivity index (χ3n) is 4.77. The van der Waals surface area contributed by atoms with Crippen LogP contribution in [-0.2, 0) is 4.79 Å². The Morgan fingerprint density at radius 2 is 1.79 bits per heavy atom. The molecule has 0 unspecified atom stereocenters. The van der Waals surface area contributed by atoms with Crippen LogP contribution in [0.2, 0.25) is 0 Å². The van der Waals surface area contributed by atoms with Crippen LogP contribution in [0.25, 0.3) is 0 Å². The number of likely N-dealkylation sites (tertiary alicyclic amines) is 1. The quantitative estimate of drug-likeness (QED) is 0.660. The van der Waals surface area contributed by atoms with E-state index in [9.17, 15) is 19.5 Å². The van der Waals surface area contributed by atoms with E-state index in [-0.39, 0.29) is 23.9 Å². The number of hydrogen-bond donors (Lipinski definition) is 3. The lowest BCUT2D eigenvalue weighted by atomic mass is 10.0. The normalized spacial score (nSPS) is 15.8. The number of methoxy groups -OCH3 is 1. The van der Waals surface area contributed by atoms with Crippen molar-refractivity contribution in [1.29, 1.82) is 0 Å². The fourth-order valence-corrected chi connectivity index (χ4v) is 3.17. The van der Waals surface area contributed by atoms with Gasteiger partial charge in [-0.15, -0.1) is 0 Å². The summed E-state index contributed by atoms with van der Waals surface area (Å²) in [6.07, 6.45) is 1.63. The Morgan fingerprint density at radius 1 is 1.18 bits per heavy atom. The van der Waals surface area contributed by atoms with Crippen LogP contribution in [-0.4, -0.2) is 60.2 Å². The number of carbonyl (C=O) groups is 3. The summed E-state index contributed by atoms with van der Waals surface area (Å²) >= 11 is 0. The van der Waals surface area contributed by atoms with Gasteiger partial charge in [-0.1, -0.05) is 13.8 Å². The molecule has 2 rings (SSSR count). The highest BCUT2D eigenvalue weighted by molar-refractivity contribution is 5.94. The fraction of sp³-hybridized carbons (Fsp3) is 0.550. The largest absolute Gasteiger partial charge is 0.497 e. The minimum Gasteiger partial charge on any atom is -0.497 e. The molecule has 8 nitrogen and oxygen atoms in total. The maximum atomic E-state index is 12.4. The van der Waals surface area contributed by atoms with Crippen LogP contribution in [0.1, 0.15) is 43.5 Å². The zero-order chi connectivity index (χ0) is 20.7. The lowest BCUT2D eigenvalue weighted by Crippen LogP contribution is -2.53. The molecule has 154 valence electrons. The van der Waals surface area contributed by atoms with Gasteiger partial charge in [-0.2, -0.15) is 0 Å². The minimum atomic E-state index is -1.02. The summed E-state index contributed by atoms with van der Waals surface area (Å²) < 4.78 is 5.08. The molecule has 0 radical (unpaired) electrons. The van der Waals surface area contributed by atoms with E-state index in [4.69, 9.17) is 4.74 Å². The van der Waals surface area contributed by atoms with E-state index in [0.717, 1.165) is 0 Å². The maximum absolute atomic E-state index is 12.4. The number of urea groups is 1. The van der Waals surface area contributed by atoms with Crippen molar-refractivity contribution in [3.63, 3.8) is 0 Å².